The highest BCUT2D eigenvalue weighted by atomic mass is 19.1. The Hall–Kier alpha value is -0.580. The lowest BCUT2D eigenvalue weighted by molar-refractivity contribution is 0.248. The summed E-state index contributed by atoms with van der Waals surface area (Å²) < 4.78 is 12.7. The van der Waals surface area contributed by atoms with Crippen LogP contribution >= 0.6 is 0 Å². The van der Waals surface area contributed by atoms with Crippen LogP contribution in [0.2, 0.25) is 0 Å². The van der Waals surface area contributed by atoms with Gasteiger partial charge < -0.3 is 4.85 Å². The molecule has 0 radical (unpaired) electrons. The summed E-state index contributed by atoms with van der Waals surface area (Å²) >= 11 is 0. The number of hydrogen-bond donors (Lipinski definition) is 0. The van der Waals surface area contributed by atoms with Crippen molar-refractivity contribution in [3.8, 4) is 0 Å². The lowest BCUT2D eigenvalue weighted by atomic mass is 10.0. The molecule has 62 valence electrons. The van der Waals surface area contributed by atoms with Crippen molar-refractivity contribution in [1.82, 2.24) is 0 Å². The van der Waals surface area contributed by atoms with E-state index in [2.05, 4.69) is 4.85 Å². The molecule has 11 heavy (non-hydrogen) atoms. The zero-order chi connectivity index (χ0) is 8.27. The van der Waals surface area contributed by atoms with Gasteiger partial charge in [0.1, 0.15) is 6.17 Å². The Morgan fingerprint density at radius 3 is 2.82 bits per heavy atom. The van der Waals surface area contributed by atoms with Crippen LogP contribution in [0.5, 0.6) is 0 Å². The van der Waals surface area contributed by atoms with Crippen LogP contribution < -0.4 is 0 Å². The van der Waals surface area contributed by atoms with E-state index < -0.39 is 6.17 Å². The van der Waals surface area contributed by atoms with Crippen LogP contribution in [0.3, 0.4) is 0 Å². The Morgan fingerprint density at radius 1 is 1.64 bits per heavy atom. The largest absolute Gasteiger partial charge is 0.317 e. The summed E-state index contributed by atoms with van der Waals surface area (Å²) in [4.78, 5) is 3.34. The van der Waals surface area contributed by atoms with E-state index in [-0.39, 0.29) is 5.92 Å². The third-order valence-electron chi connectivity index (χ3n) is 2.58. The van der Waals surface area contributed by atoms with Crippen LogP contribution in [-0.2, 0) is 0 Å². The van der Waals surface area contributed by atoms with Crippen LogP contribution in [-0.4, -0.2) is 12.7 Å². The molecule has 0 spiro atoms. The number of hydrogen-bond acceptors (Lipinski definition) is 0. The van der Waals surface area contributed by atoms with Gasteiger partial charge in [0.15, 0.2) is 0 Å². The predicted molar refractivity (Wildman–Crippen MR) is 42.9 cm³/mol. The molecule has 0 N–H and O–H groups in total. The van der Waals surface area contributed by atoms with Gasteiger partial charge >= 0.3 is 0 Å². The average molecular weight is 155 g/mol. The first-order chi connectivity index (χ1) is 5.24. The van der Waals surface area contributed by atoms with Gasteiger partial charge in [-0.25, -0.2) is 11.0 Å². The molecule has 0 aromatic rings. The monoisotopic (exact) mass is 155 g/mol. The van der Waals surface area contributed by atoms with E-state index in [0.717, 1.165) is 19.3 Å². The number of rotatable bonds is 2. The minimum absolute atomic E-state index is 0.238. The third-order valence-corrected chi connectivity index (χ3v) is 2.58. The molecule has 1 rings (SSSR count). The van der Waals surface area contributed by atoms with E-state index in [1.165, 1.54) is 0 Å². The molecule has 1 nitrogen and oxygen atoms in total. The highest BCUT2D eigenvalue weighted by Crippen LogP contribution is 2.34. The van der Waals surface area contributed by atoms with Gasteiger partial charge in [-0.05, 0) is 32.1 Å². The van der Waals surface area contributed by atoms with E-state index in [1.54, 1.807) is 6.92 Å². The second-order valence-electron chi connectivity index (χ2n) is 3.46. The fourth-order valence-corrected chi connectivity index (χ4v) is 1.83. The summed E-state index contributed by atoms with van der Waals surface area (Å²) in [5.41, 5.74) is 0. The van der Waals surface area contributed by atoms with Gasteiger partial charge in [-0.1, -0.05) is 0 Å². The predicted octanol–water partition coefficient (Wildman–Crippen LogP) is 2.68. The first kappa shape index (κ1) is 8.52. The van der Waals surface area contributed by atoms with Gasteiger partial charge in [-0.2, -0.15) is 0 Å². The summed E-state index contributed by atoms with van der Waals surface area (Å²) in [6.07, 6.45) is 2.30. The second-order valence-corrected chi connectivity index (χ2v) is 3.46. The van der Waals surface area contributed by atoms with Crippen molar-refractivity contribution >= 4 is 0 Å². The Balaban J connectivity index is 2.30. The van der Waals surface area contributed by atoms with Crippen LogP contribution in [0.4, 0.5) is 4.39 Å². The SMILES string of the molecule is [C-]#[N+]CC1CCC(C(C)F)C1. The molecule has 0 saturated heterocycles. The molecule has 2 heteroatoms. The van der Waals surface area contributed by atoms with E-state index in [0.29, 0.717) is 12.5 Å². The Bertz CT molecular complexity index is 159. The van der Waals surface area contributed by atoms with Crippen molar-refractivity contribution in [2.45, 2.75) is 32.4 Å². The highest BCUT2D eigenvalue weighted by molar-refractivity contribution is 4.82. The van der Waals surface area contributed by atoms with Gasteiger partial charge in [-0.3, -0.25) is 0 Å². The van der Waals surface area contributed by atoms with Gasteiger partial charge in [0.05, 0.1) is 0 Å². The molecule has 3 unspecified atom stereocenters. The van der Waals surface area contributed by atoms with Crippen LogP contribution in [0, 0.1) is 18.4 Å². The number of nitrogens with zero attached hydrogens (tertiary/aromatic N) is 1. The van der Waals surface area contributed by atoms with Crippen molar-refractivity contribution in [3.05, 3.63) is 11.4 Å². The Morgan fingerprint density at radius 2 is 2.36 bits per heavy atom. The van der Waals surface area contributed by atoms with Crippen LogP contribution in [0.1, 0.15) is 26.2 Å². The molecular formula is C9H14FN. The maximum absolute atomic E-state index is 12.7. The zero-order valence-electron chi connectivity index (χ0n) is 6.89. The molecule has 1 aliphatic rings. The standard InChI is InChI=1S/C9H14FN/c1-7(10)9-4-3-8(5-9)6-11-2/h7-9H,3-6H2,1H3. The van der Waals surface area contributed by atoms with E-state index in [1.807, 2.05) is 0 Å². The molecule has 0 amide bonds. The Labute approximate surface area is 67.4 Å². The maximum atomic E-state index is 12.7. The topological polar surface area (TPSA) is 4.36 Å². The van der Waals surface area contributed by atoms with Crippen molar-refractivity contribution in [2.75, 3.05) is 6.54 Å². The first-order valence-electron chi connectivity index (χ1n) is 4.21. The summed E-state index contributed by atoms with van der Waals surface area (Å²) in [6, 6.07) is 0. The molecule has 0 aromatic carbocycles. The number of halogens is 1. The summed E-state index contributed by atoms with van der Waals surface area (Å²) in [5, 5.41) is 0. The minimum atomic E-state index is -0.675. The quantitative estimate of drug-likeness (QED) is 0.540. The molecule has 3 atom stereocenters. The van der Waals surface area contributed by atoms with E-state index >= 15 is 0 Å². The van der Waals surface area contributed by atoms with Gasteiger partial charge in [0, 0.05) is 5.92 Å². The van der Waals surface area contributed by atoms with Gasteiger partial charge in [0.2, 0.25) is 6.54 Å². The van der Waals surface area contributed by atoms with Crippen molar-refractivity contribution < 1.29 is 4.39 Å². The van der Waals surface area contributed by atoms with Crippen molar-refractivity contribution in [1.29, 1.82) is 0 Å². The second kappa shape index (κ2) is 3.71. The van der Waals surface area contributed by atoms with Crippen molar-refractivity contribution in [2.24, 2.45) is 11.8 Å². The van der Waals surface area contributed by atoms with E-state index in [4.69, 9.17) is 6.57 Å². The zero-order valence-corrected chi connectivity index (χ0v) is 6.89. The molecule has 1 fully saturated rings. The van der Waals surface area contributed by atoms with Crippen LogP contribution in [0.25, 0.3) is 4.85 Å². The lowest BCUT2D eigenvalue weighted by Crippen LogP contribution is -2.08. The lowest BCUT2D eigenvalue weighted by Gasteiger charge is -2.08. The molecule has 1 aliphatic carbocycles. The minimum Gasteiger partial charge on any atom is -0.317 e. The maximum Gasteiger partial charge on any atom is 0.217 e. The molecule has 1 saturated carbocycles. The molecule has 0 bridgehead atoms. The summed E-state index contributed by atoms with van der Waals surface area (Å²) in [5.74, 6) is 0.720. The molecule has 0 aromatic heterocycles. The number of alkyl halides is 1. The fourth-order valence-electron chi connectivity index (χ4n) is 1.83. The summed E-state index contributed by atoms with van der Waals surface area (Å²) in [6.45, 7) is 8.90. The molecular weight excluding hydrogens is 141 g/mol. The van der Waals surface area contributed by atoms with Gasteiger partial charge in [0.25, 0.3) is 0 Å². The first-order valence-corrected chi connectivity index (χ1v) is 4.21. The van der Waals surface area contributed by atoms with Crippen molar-refractivity contribution in [3.63, 3.8) is 0 Å². The fraction of sp³-hybridized carbons (Fsp3) is 0.889. The smallest absolute Gasteiger partial charge is 0.217 e. The molecule has 0 aliphatic heterocycles. The normalized spacial score (nSPS) is 33.2. The summed E-state index contributed by atoms with van der Waals surface area (Å²) in [7, 11) is 0. The highest BCUT2D eigenvalue weighted by Gasteiger charge is 2.29. The van der Waals surface area contributed by atoms with Crippen LogP contribution in [0.15, 0.2) is 0 Å². The van der Waals surface area contributed by atoms with Gasteiger partial charge in [-0.15, -0.1) is 0 Å². The third kappa shape index (κ3) is 2.18. The van der Waals surface area contributed by atoms with E-state index in [9.17, 15) is 4.39 Å². The Kier molecular flexibility index (Phi) is 2.87. The average Bonchev–Trinajstić information content (AvgIpc) is 2.37. The molecule has 0 heterocycles.